The van der Waals surface area contributed by atoms with Crippen LogP contribution in [0.2, 0.25) is 0 Å². The van der Waals surface area contributed by atoms with Crippen LogP contribution >= 0.6 is 110 Å². The fraction of sp³-hybridized carbons (Fsp3) is 0.500. The van der Waals surface area contributed by atoms with Gasteiger partial charge in [0.1, 0.15) is 6.61 Å². The molecule has 0 saturated heterocycles. The number of alkyl halides is 9. The van der Waals surface area contributed by atoms with Crippen LogP contribution in [0.15, 0.2) is 134 Å². The van der Waals surface area contributed by atoms with Crippen LogP contribution in [0, 0.1) is 16.2 Å². The highest BCUT2D eigenvalue weighted by Gasteiger charge is 2.36. The Hall–Kier alpha value is -8.40. The molecule has 3 aliphatic carbocycles. The van der Waals surface area contributed by atoms with Gasteiger partial charge in [0.15, 0.2) is 0 Å². The molecule has 8 N–H and O–H groups in total. The normalized spacial score (nSPS) is 17.5. The van der Waals surface area contributed by atoms with E-state index in [4.69, 9.17) is 31.3 Å². The number of benzene rings is 4. The van der Waals surface area contributed by atoms with Crippen LogP contribution in [0.5, 0.6) is 0 Å². The van der Waals surface area contributed by atoms with E-state index in [2.05, 4.69) is 194 Å². The highest BCUT2D eigenvalue weighted by Crippen LogP contribution is 2.42. The number of hydrogen-bond donors (Lipinski definition) is 8. The molecule has 10 aromatic rings. The number of anilines is 3. The molecule has 0 unspecified atom stereocenters. The van der Waals surface area contributed by atoms with Crippen molar-refractivity contribution in [1.29, 1.82) is 0 Å². The van der Waals surface area contributed by atoms with Crippen molar-refractivity contribution in [1.82, 2.24) is 60.1 Å². The van der Waals surface area contributed by atoms with E-state index in [0.717, 1.165) is 161 Å². The lowest BCUT2D eigenvalue weighted by atomic mass is 9.87. The molecule has 0 spiro atoms. The number of halogens is 11. The molecular formula is C98H124Br4ClF6N15O9S3. The average Bonchev–Trinajstić information content (AvgIpc) is 1.63. The monoisotopic (exact) mass is 2220 g/mol. The smallest absolute Gasteiger partial charge is 0.410 e. The van der Waals surface area contributed by atoms with Gasteiger partial charge in [0.05, 0.1) is 62.4 Å². The summed E-state index contributed by atoms with van der Waals surface area (Å²) < 4.78 is 90.9. The summed E-state index contributed by atoms with van der Waals surface area (Å²) in [6, 6.07) is 36.6. The molecule has 0 radical (unpaired) electrons. The highest BCUT2D eigenvalue weighted by molar-refractivity contribution is 9.09. The van der Waals surface area contributed by atoms with E-state index in [9.17, 15) is 64.7 Å². The van der Waals surface area contributed by atoms with Crippen molar-refractivity contribution in [2.24, 2.45) is 16.2 Å². The predicted molar refractivity (Wildman–Crippen MR) is 548 cm³/mol. The Kier molecular flexibility index (Phi) is 42.3. The van der Waals surface area contributed by atoms with Gasteiger partial charge in [-0.15, -0.1) is 51.0 Å². The van der Waals surface area contributed by atoms with Crippen LogP contribution in [-0.4, -0.2) is 133 Å². The molecule has 3 saturated carbocycles. The molecule has 3 fully saturated rings. The third kappa shape index (κ3) is 31.8. The zero-order valence-corrected chi connectivity index (χ0v) is 88.2. The molecule has 3 aliphatic rings. The summed E-state index contributed by atoms with van der Waals surface area (Å²) in [6.07, 6.45) is 3.67. The molecule has 740 valence electrons. The Bertz CT molecular complexity index is 5680. The maximum absolute atomic E-state index is 13.5. The van der Waals surface area contributed by atoms with Crippen LogP contribution in [0.3, 0.4) is 0 Å². The van der Waals surface area contributed by atoms with E-state index in [1.807, 2.05) is 84.3 Å². The second kappa shape index (κ2) is 51.7. The summed E-state index contributed by atoms with van der Waals surface area (Å²) in [5, 5.41) is 26.6. The quantitative estimate of drug-likeness (QED) is 0.00821. The van der Waals surface area contributed by atoms with E-state index < -0.39 is 43.1 Å². The van der Waals surface area contributed by atoms with E-state index in [1.165, 1.54) is 42.5 Å². The molecule has 7 amide bonds. The first-order chi connectivity index (χ1) is 64.0. The highest BCUT2D eigenvalue weighted by atomic mass is 79.9. The van der Waals surface area contributed by atoms with Gasteiger partial charge in [0, 0.05) is 109 Å². The van der Waals surface area contributed by atoms with Crippen molar-refractivity contribution >= 4 is 208 Å². The molecule has 4 aromatic carbocycles. The van der Waals surface area contributed by atoms with Gasteiger partial charge >= 0.3 is 6.09 Å². The largest absolute Gasteiger partial charge is 0.445 e. The minimum atomic E-state index is -2.66. The summed E-state index contributed by atoms with van der Waals surface area (Å²) in [7, 11) is 0. The number of thiophene rings is 3. The fourth-order valence-electron chi connectivity index (χ4n) is 15.9. The number of rotatable bonds is 33. The van der Waals surface area contributed by atoms with Crippen molar-refractivity contribution in [3.63, 3.8) is 0 Å². The van der Waals surface area contributed by atoms with Crippen LogP contribution in [0.25, 0.3) is 33.1 Å². The van der Waals surface area contributed by atoms with Gasteiger partial charge < -0.3 is 49.9 Å². The lowest BCUT2D eigenvalue weighted by Gasteiger charge is -2.37. The number of amides is 7. The van der Waals surface area contributed by atoms with Crippen molar-refractivity contribution in [3.8, 4) is 0 Å². The molecule has 136 heavy (non-hydrogen) atoms. The first-order valence-electron chi connectivity index (χ1n) is 45.4. The molecule has 3 atom stereocenters. The zero-order valence-electron chi connectivity index (χ0n) is 78.5. The summed E-state index contributed by atoms with van der Waals surface area (Å²) in [5.74, 6) is -0.425. The maximum Gasteiger partial charge on any atom is 0.410 e. The van der Waals surface area contributed by atoms with Gasteiger partial charge in [-0.3, -0.25) is 49.5 Å². The van der Waals surface area contributed by atoms with E-state index in [1.54, 1.807) is 4.90 Å². The van der Waals surface area contributed by atoms with Crippen LogP contribution in [0.4, 0.5) is 49.0 Å². The third-order valence-electron chi connectivity index (χ3n) is 24.9. The number of fused-ring (bicyclic) bond motifs is 3. The zero-order chi connectivity index (χ0) is 98.3. The topological polar surface area (TPSA) is 299 Å². The second-order valence-electron chi connectivity index (χ2n) is 37.4. The van der Waals surface area contributed by atoms with Gasteiger partial charge in [-0.2, -0.15) is 0 Å². The van der Waals surface area contributed by atoms with E-state index in [-0.39, 0.29) is 141 Å². The number of nitrogens with one attached hydrogen (secondary N) is 8. The number of hydrogen-bond acceptors (Lipinski definition) is 17. The molecule has 0 bridgehead atoms. The number of aromatic nitrogens is 6. The first kappa shape index (κ1) is 111. The standard InChI is InChI=1S/C37H44BrF2N5O4S.C29H38BrF2N5O2S.C29H37F2N5O2S.C3H4BrClO.BrH/c1-23(37(2,3)4)44(36(48)49-22-24-8-6-5-7-9-24)21-25-10-15-29-28(20-25)42-35(43-34(47)31-17-16-30(50-31)33(39)40)45(29)27-13-11-26(12-14-27)41-32(46)18-19-38;1-17(29(2,3)4)33-16-18-5-10-22-21(15-18)35-28(36-27(39)24-12-11-23(40-24)26(31)32)37(22)20-8-6-19(7-9-20)34-25(38)13-14-30;1-6-25(37)33-19-8-10-20(11-9-19)36-22-12-7-18(16-32-17(2)29(3,4)5)15-21(22)34-28(36)35-27(38)24-14-13-23(39-24)26(30)31;4-2-1-3(5)6;/h5-10,15-17,20,23,26-27,33H,11-14,18-19,21-22H2,1-4H3,(H,41,46)(H,42,43,47);5,10-12,15,17,19-20,26,33H,6-9,13-14,16H2,1-4H3,(H,34,38)(H,35,36,39);6-7,12-15,17,19-20,26,32H,1,8-11,16H2,2-5H3,(H,33,37)(H,34,35,38);1-2H2;1H/t23-,26?,27?;2*17-,19?,20?;;/m000../s1. The lowest BCUT2D eigenvalue weighted by Crippen LogP contribution is -2.45. The van der Waals surface area contributed by atoms with E-state index in [0.29, 0.717) is 83.8 Å². The Morgan fingerprint density at radius 1 is 0.471 bits per heavy atom. The molecule has 0 aliphatic heterocycles. The second-order valence-corrected chi connectivity index (χ2v) is 43.6. The summed E-state index contributed by atoms with van der Waals surface area (Å²) >= 11 is 16.9. The van der Waals surface area contributed by atoms with Gasteiger partial charge in [-0.05, 0) is 227 Å². The molecular weight excluding hydrogens is 2100 g/mol. The van der Waals surface area contributed by atoms with Gasteiger partial charge in [0.25, 0.3) is 37.0 Å². The number of ether oxygens (including phenoxy) is 1. The Morgan fingerprint density at radius 2 is 0.809 bits per heavy atom. The van der Waals surface area contributed by atoms with Gasteiger partial charge in [-0.1, -0.05) is 165 Å². The van der Waals surface area contributed by atoms with E-state index >= 15 is 0 Å². The maximum atomic E-state index is 13.5. The summed E-state index contributed by atoms with van der Waals surface area (Å²) in [4.78, 5) is 115. The SMILES string of the molecule is Br.C=CC(=O)NC1CCC(n2c(NC(=O)c3ccc(C(F)F)s3)nc3cc(CN[C@@H](C)C(C)(C)C)ccc32)CC1.C[C@H](N(Cc1ccc2c(c1)nc(NC(=O)c1ccc(C(F)F)s1)n2C1CCC(NC(=O)CCBr)CC1)C(=O)OCc1ccccc1)C(C)(C)C.C[C@H](NCc1ccc2c(c1)nc(NC(=O)c1ccc(C(F)F)s1)n2C1CCC(NC(=O)CCBr)CC1)C(C)(C)C.O=C(Cl)CCBr. The number of imidazole rings is 3. The van der Waals surface area contributed by atoms with Crippen LogP contribution < -0.4 is 42.5 Å². The minimum absolute atomic E-state index is 0. The molecule has 38 heteroatoms. The van der Waals surface area contributed by atoms with Crippen molar-refractivity contribution in [2.45, 2.75) is 279 Å². The number of carbonyl (C=O) groups is 8. The molecule has 24 nitrogen and oxygen atoms in total. The molecule has 13 rings (SSSR count). The number of carbonyl (C=O) groups excluding carboxylic acids is 8. The van der Waals surface area contributed by atoms with Gasteiger partial charge in [-0.25, -0.2) is 46.1 Å². The number of nitrogens with zero attached hydrogens (tertiary/aromatic N) is 7. The van der Waals surface area contributed by atoms with Gasteiger partial charge in [0.2, 0.25) is 40.8 Å². The molecule has 6 aromatic heterocycles. The minimum Gasteiger partial charge on any atom is -0.445 e. The summed E-state index contributed by atoms with van der Waals surface area (Å²) in [6.45, 7) is 31.1. The predicted octanol–water partition coefficient (Wildman–Crippen LogP) is 25.2. The first-order valence-corrected chi connectivity index (χ1v) is 51.6. The Balaban J connectivity index is 0.000000223. The lowest BCUT2D eigenvalue weighted by molar-refractivity contribution is -0.122. The average molecular weight is 2220 g/mol. The van der Waals surface area contributed by atoms with Crippen molar-refractivity contribution < 1.29 is 69.4 Å². The van der Waals surface area contributed by atoms with Crippen LogP contribution in [0.1, 0.15) is 283 Å². The summed E-state index contributed by atoms with van der Waals surface area (Å²) in [5.41, 5.74) is 8.70. The Morgan fingerprint density at radius 3 is 1.11 bits per heavy atom. The fourth-order valence-corrected chi connectivity index (χ4v) is 19.6. The Labute approximate surface area is 843 Å². The van der Waals surface area contributed by atoms with Crippen molar-refractivity contribution in [3.05, 3.63) is 185 Å². The van der Waals surface area contributed by atoms with Crippen molar-refractivity contribution in [2.75, 3.05) is 31.9 Å². The van der Waals surface area contributed by atoms with Crippen LogP contribution in [-0.2, 0) is 50.2 Å². The molecule has 6 heterocycles. The third-order valence-corrected chi connectivity index (χ3v) is 29.5.